The third-order valence-corrected chi connectivity index (χ3v) is 1.80. The Hall–Kier alpha value is -1.41. The molecule has 1 rings (SSSR count). The Morgan fingerprint density at radius 3 is 2.71 bits per heavy atom. The Balaban J connectivity index is 3.33. The van der Waals surface area contributed by atoms with Crippen molar-refractivity contribution in [1.29, 1.82) is 5.26 Å². The summed E-state index contributed by atoms with van der Waals surface area (Å²) in [5, 5.41) is 8.30. The molecular weight excluding hydrogens is 214 g/mol. The highest BCUT2D eigenvalue weighted by Crippen LogP contribution is 2.30. The summed E-state index contributed by atoms with van der Waals surface area (Å²) in [4.78, 5) is 3.38. The van der Waals surface area contributed by atoms with Gasteiger partial charge in [0.1, 0.15) is 22.7 Å². The zero-order chi connectivity index (χ0) is 10.7. The summed E-state index contributed by atoms with van der Waals surface area (Å²) in [5.74, 6) is -0.138. The maximum Gasteiger partial charge on any atom is 0.284 e. The highest BCUT2D eigenvalue weighted by atomic mass is 35.5. The summed E-state index contributed by atoms with van der Waals surface area (Å²) in [6.07, 6.45) is -2.78. The zero-order valence-corrected chi connectivity index (χ0v) is 7.85. The van der Waals surface area contributed by atoms with E-state index in [4.69, 9.17) is 16.9 Å². The van der Waals surface area contributed by atoms with Crippen molar-refractivity contribution in [1.82, 2.24) is 4.98 Å². The molecule has 0 N–H and O–H groups in total. The molecule has 0 saturated heterocycles. The van der Waals surface area contributed by atoms with Crippen molar-refractivity contribution in [2.75, 3.05) is 7.11 Å². The van der Waals surface area contributed by atoms with Crippen LogP contribution in [0.5, 0.6) is 5.75 Å². The summed E-state index contributed by atoms with van der Waals surface area (Å²) >= 11 is 5.48. The molecule has 1 aromatic rings. The molecule has 0 atom stereocenters. The lowest BCUT2D eigenvalue weighted by Crippen LogP contribution is -1.98. The Kier molecular flexibility index (Phi) is 3.20. The van der Waals surface area contributed by atoms with Gasteiger partial charge in [-0.15, -0.1) is 0 Å². The molecule has 1 heterocycles. The van der Waals surface area contributed by atoms with E-state index in [-0.39, 0.29) is 16.5 Å². The first kappa shape index (κ1) is 10.7. The van der Waals surface area contributed by atoms with Crippen LogP contribution in [0.3, 0.4) is 0 Å². The summed E-state index contributed by atoms with van der Waals surface area (Å²) in [5.41, 5.74) is -0.551. The van der Waals surface area contributed by atoms with Gasteiger partial charge < -0.3 is 4.74 Å². The molecule has 0 aliphatic carbocycles. The summed E-state index contributed by atoms with van der Waals surface area (Å²) < 4.78 is 29.3. The monoisotopic (exact) mass is 218 g/mol. The second-order valence-corrected chi connectivity index (χ2v) is 2.68. The fourth-order valence-corrected chi connectivity index (χ4v) is 1.07. The molecule has 14 heavy (non-hydrogen) atoms. The van der Waals surface area contributed by atoms with E-state index in [1.807, 2.05) is 0 Å². The van der Waals surface area contributed by atoms with Crippen LogP contribution in [0.4, 0.5) is 8.78 Å². The van der Waals surface area contributed by atoms with Gasteiger partial charge in [-0.2, -0.15) is 5.26 Å². The van der Waals surface area contributed by atoms with E-state index in [1.165, 1.54) is 7.11 Å². The molecule has 0 amide bonds. The van der Waals surface area contributed by atoms with E-state index < -0.39 is 12.1 Å². The number of rotatable bonds is 2. The predicted octanol–water partition coefficient (Wildman–Crippen LogP) is 2.55. The van der Waals surface area contributed by atoms with E-state index in [0.29, 0.717) is 0 Å². The molecule has 0 unspecified atom stereocenters. The highest BCUT2D eigenvalue weighted by Gasteiger charge is 2.18. The van der Waals surface area contributed by atoms with Crippen LogP contribution in [0.25, 0.3) is 0 Å². The molecule has 0 aromatic carbocycles. The van der Waals surface area contributed by atoms with Crippen LogP contribution >= 0.6 is 11.6 Å². The van der Waals surface area contributed by atoms with Gasteiger partial charge in [-0.05, 0) is 0 Å². The maximum atomic E-state index is 12.3. The minimum atomic E-state index is -2.78. The second kappa shape index (κ2) is 4.20. The van der Waals surface area contributed by atoms with Gasteiger partial charge >= 0.3 is 0 Å². The Morgan fingerprint density at radius 2 is 2.29 bits per heavy atom. The van der Waals surface area contributed by atoms with Crippen molar-refractivity contribution < 1.29 is 13.5 Å². The largest absolute Gasteiger partial charge is 0.495 e. The lowest BCUT2D eigenvalue weighted by Gasteiger charge is -2.07. The first-order chi connectivity index (χ1) is 6.60. The number of aromatic nitrogens is 1. The molecular formula is C8H5ClF2N2O. The van der Waals surface area contributed by atoms with Crippen LogP contribution in [0.1, 0.15) is 17.7 Å². The van der Waals surface area contributed by atoms with Gasteiger partial charge in [0, 0.05) is 6.07 Å². The molecule has 6 heteroatoms. The quantitative estimate of drug-likeness (QED) is 0.717. The van der Waals surface area contributed by atoms with Crippen molar-refractivity contribution in [3.05, 3.63) is 22.5 Å². The molecule has 74 valence electrons. The van der Waals surface area contributed by atoms with Gasteiger partial charge in [0.2, 0.25) is 0 Å². The van der Waals surface area contributed by atoms with Gasteiger partial charge in [0.15, 0.2) is 0 Å². The number of ether oxygens (including phenoxy) is 1. The SMILES string of the molecule is COc1cc(C#N)c(Cl)nc1C(F)F. The topological polar surface area (TPSA) is 45.9 Å². The van der Waals surface area contributed by atoms with E-state index >= 15 is 0 Å². The van der Waals surface area contributed by atoms with Crippen molar-refractivity contribution in [3.8, 4) is 11.8 Å². The first-order valence-corrected chi connectivity index (χ1v) is 3.90. The molecule has 0 fully saturated rings. The Labute approximate surface area is 83.9 Å². The molecule has 1 aromatic heterocycles. The van der Waals surface area contributed by atoms with Crippen LogP contribution in [0.2, 0.25) is 5.15 Å². The summed E-state index contributed by atoms with van der Waals surface area (Å²) in [7, 11) is 1.22. The lowest BCUT2D eigenvalue weighted by molar-refractivity contribution is 0.141. The number of alkyl halides is 2. The fourth-order valence-electron chi connectivity index (χ4n) is 0.884. The van der Waals surface area contributed by atoms with E-state index in [9.17, 15) is 8.78 Å². The molecule has 0 spiro atoms. The average molecular weight is 219 g/mol. The number of hydrogen-bond acceptors (Lipinski definition) is 3. The molecule has 0 aliphatic heterocycles. The summed E-state index contributed by atoms with van der Waals surface area (Å²) in [6.45, 7) is 0. The van der Waals surface area contributed by atoms with E-state index in [1.54, 1.807) is 6.07 Å². The summed E-state index contributed by atoms with van der Waals surface area (Å²) in [6, 6.07) is 2.85. The Morgan fingerprint density at radius 1 is 1.64 bits per heavy atom. The van der Waals surface area contributed by atoms with Gasteiger partial charge in [-0.25, -0.2) is 13.8 Å². The highest BCUT2D eigenvalue weighted by molar-refractivity contribution is 6.30. The van der Waals surface area contributed by atoms with Crippen molar-refractivity contribution >= 4 is 11.6 Å². The van der Waals surface area contributed by atoms with E-state index in [0.717, 1.165) is 6.07 Å². The number of methoxy groups -OCH3 is 1. The molecule has 0 bridgehead atoms. The first-order valence-electron chi connectivity index (χ1n) is 3.52. The molecule has 0 saturated carbocycles. The van der Waals surface area contributed by atoms with Crippen molar-refractivity contribution in [3.63, 3.8) is 0 Å². The normalized spacial score (nSPS) is 10.0. The number of nitrogens with zero attached hydrogens (tertiary/aromatic N) is 2. The molecule has 3 nitrogen and oxygen atoms in total. The van der Waals surface area contributed by atoms with E-state index in [2.05, 4.69) is 9.72 Å². The molecule has 0 radical (unpaired) electrons. The van der Waals surface area contributed by atoms with Gasteiger partial charge in [-0.1, -0.05) is 11.6 Å². The minimum Gasteiger partial charge on any atom is -0.495 e. The second-order valence-electron chi connectivity index (χ2n) is 2.33. The number of halogens is 3. The number of pyridine rings is 1. The minimum absolute atomic E-state index is 0.00733. The van der Waals surface area contributed by atoms with Crippen molar-refractivity contribution in [2.24, 2.45) is 0 Å². The van der Waals surface area contributed by atoms with Crippen LogP contribution in [0, 0.1) is 11.3 Å². The zero-order valence-electron chi connectivity index (χ0n) is 7.09. The van der Waals surface area contributed by atoms with Crippen molar-refractivity contribution in [2.45, 2.75) is 6.43 Å². The Bertz CT molecular complexity index is 390. The van der Waals surface area contributed by atoms with Gasteiger partial charge in [-0.3, -0.25) is 0 Å². The van der Waals surface area contributed by atoms with Crippen LogP contribution in [-0.2, 0) is 0 Å². The standard InChI is InChI=1S/C8H5ClF2N2O/c1-14-5-2-4(3-12)7(9)13-6(5)8(10)11/h2,8H,1H3. The third kappa shape index (κ3) is 1.91. The number of hydrogen-bond donors (Lipinski definition) is 0. The number of nitriles is 1. The smallest absolute Gasteiger partial charge is 0.284 e. The fraction of sp³-hybridized carbons (Fsp3) is 0.250. The average Bonchev–Trinajstić information content (AvgIpc) is 2.17. The van der Waals surface area contributed by atoms with Gasteiger partial charge in [0.05, 0.1) is 12.7 Å². The van der Waals surface area contributed by atoms with Crippen LogP contribution in [0.15, 0.2) is 6.07 Å². The van der Waals surface area contributed by atoms with Gasteiger partial charge in [0.25, 0.3) is 6.43 Å². The maximum absolute atomic E-state index is 12.3. The lowest BCUT2D eigenvalue weighted by atomic mass is 10.2. The van der Waals surface area contributed by atoms with Crippen LogP contribution in [-0.4, -0.2) is 12.1 Å². The van der Waals surface area contributed by atoms with Crippen LogP contribution < -0.4 is 4.74 Å². The third-order valence-electron chi connectivity index (χ3n) is 1.52. The predicted molar refractivity (Wildman–Crippen MR) is 45.5 cm³/mol. The molecule has 0 aliphatic rings.